The molecule has 1 aromatic heterocycles. The van der Waals surface area contributed by atoms with Gasteiger partial charge in [0.2, 0.25) is 0 Å². The van der Waals surface area contributed by atoms with Crippen LogP contribution in [0, 0.1) is 0 Å². The van der Waals surface area contributed by atoms with Crippen LogP contribution in [0.3, 0.4) is 0 Å². The second-order valence-corrected chi connectivity index (χ2v) is 33.7. The Balaban J connectivity index is 1.17. The van der Waals surface area contributed by atoms with Crippen LogP contribution in [-0.2, 0) is 43.3 Å². The van der Waals surface area contributed by atoms with Crippen LogP contribution in [0.4, 0.5) is 51.2 Å². The van der Waals surface area contributed by atoms with Crippen LogP contribution in [0.5, 0.6) is 0 Å². The molecule has 3 nitrogen and oxygen atoms in total. The van der Waals surface area contributed by atoms with Crippen molar-refractivity contribution in [3.63, 3.8) is 0 Å². The Kier molecular flexibility index (Phi) is 12.2. The zero-order valence-corrected chi connectivity index (χ0v) is 55.2. The SMILES string of the molecule is CC(C)(C)c1ccc(N(c2ccc(C(C)(C)C)cc2)c2cc3c4c(c2)N(c2cccc5c2sc2ccccc25)c2cc5c(cc2B4c2cc4c(cc2N3c2ccc3c(c2)C(C)(C)CCC3(C)C)C(C)(C)CCC4(C)C)C(C)(C)CCC5(C)C)cc1. The summed E-state index contributed by atoms with van der Waals surface area (Å²) in [6.45, 7) is 44.0. The Bertz CT molecular complexity index is 4170. The van der Waals surface area contributed by atoms with Crippen molar-refractivity contribution >= 4 is 106 Å². The van der Waals surface area contributed by atoms with Gasteiger partial charge in [0.1, 0.15) is 0 Å². The average Bonchev–Trinajstić information content (AvgIpc) is 0.788. The molecule has 5 aliphatic rings. The highest BCUT2D eigenvalue weighted by Crippen LogP contribution is 2.57. The first kappa shape index (κ1) is 56.3. The van der Waals surface area contributed by atoms with Crippen molar-refractivity contribution < 1.29 is 0 Å². The van der Waals surface area contributed by atoms with Crippen molar-refractivity contribution in [3.05, 3.63) is 190 Å². The molecular weight excluding hydrogens is 1050 g/mol. The third kappa shape index (κ3) is 8.75. The highest BCUT2D eigenvalue weighted by molar-refractivity contribution is 7.26. The first-order valence-electron chi connectivity index (χ1n) is 32.1. The summed E-state index contributed by atoms with van der Waals surface area (Å²) in [5.74, 6) is 0. The molecule has 0 bridgehead atoms. The van der Waals surface area contributed by atoms with Gasteiger partial charge in [0, 0.05) is 55.3 Å². The molecule has 0 amide bonds. The summed E-state index contributed by atoms with van der Waals surface area (Å²) >= 11 is 1.95. The van der Waals surface area contributed by atoms with E-state index in [4.69, 9.17) is 0 Å². The van der Waals surface area contributed by atoms with E-state index in [-0.39, 0.29) is 50.0 Å². The molecule has 0 N–H and O–H groups in total. The number of fused-ring (bicyclic) bond motifs is 10. The maximum Gasteiger partial charge on any atom is 0.252 e. The van der Waals surface area contributed by atoms with Gasteiger partial charge in [-0.3, -0.25) is 0 Å². The van der Waals surface area contributed by atoms with Gasteiger partial charge in [-0.25, -0.2) is 0 Å². The number of rotatable bonds is 5. The zero-order chi connectivity index (χ0) is 60.1. The molecular formula is C80H90BN3S. The Hall–Kier alpha value is -6.56. The fourth-order valence-corrected chi connectivity index (χ4v) is 17.3. The van der Waals surface area contributed by atoms with Crippen molar-refractivity contribution in [1.82, 2.24) is 0 Å². The number of hydrogen-bond donors (Lipinski definition) is 0. The summed E-state index contributed by atoms with van der Waals surface area (Å²) in [5.41, 5.74) is 27.0. The quantitative estimate of drug-likeness (QED) is 0.159. The lowest BCUT2D eigenvalue weighted by molar-refractivity contribution is 0.332. The fourth-order valence-electron chi connectivity index (χ4n) is 16.1. The van der Waals surface area contributed by atoms with Crippen molar-refractivity contribution in [1.29, 1.82) is 0 Å². The smallest absolute Gasteiger partial charge is 0.252 e. The molecule has 0 saturated heterocycles. The first-order valence-corrected chi connectivity index (χ1v) is 32.9. The molecule has 5 heteroatoms. The van der Waals surface area contributed by atoms with E-state index in [1.807, 2.05) is 11.3 Å². The van der Waals surface area contributed by atoms with Gasteiger partial charge in [0.15, 0.2) is 0 Å². The zero-order valence-electron chi connectivity index (χ0n) is 54.4. The summed E-state index contributed by atoms with van der Waals surface area (Å²) in [5, 5.41) is 2.63. The molecule has 0 radical (unpaired) electrons. The third-order valence-electron chi connectivity index (χ3n) is 22.0. The van der Waals surface area contributed by atoms with Gasteiger partial charge in [-0.1, -0.05) is 197 Å². The molecule has 14 rings (SSSR count). The van der Waals surface area contributed by atoms with Crippen LogP contribution in [0.2, 0.25) is 0 Å². The molecule has 9 aromatic rings. The van der Waals surface area contributed by atoms with Gasteiger partial charge in [-0.2, -0.15) is 0 Å². The fraction of sp³-hybridized carbons (Fsp3) is 0.400. The van der Waals surface area contributed by atoms with Crippen molar-refractivity contribution in [2.75, 3.05) is 14.7 Å². The van der Waals surface area contributed by atoms with E-state index in [2.05, 4.69) is 285 Å². The molecule has 0 atom stereocenters. The molecule has 2 aliphatic heterocycles. The number of nitrogens with zero attached hydrogens (tertiary/aromatic N) is 3. The lowest BCUT2D eigenvalue weighted by atomic mass is 9.32. The van der Waals surface area contributed by atoms with E-state index in [0.717, 1.165) is 49.2 Å². The van der Waals surface area contributed by atoms with Crippen molar-refractivity contribution in [2.24, 2.45) is 0 Å². The second-order valence-electron chi connectivity index (χ2n) is 32.6. The Morgan fingerprint density at radius 3 is 1.29 bits per heavy atom. The van der Waals surface area contributed by atoms with E-state index < -0.39 is 0 Å². The number of anilines is 9. The predicted molar refractivity (Wildman–Crippen MR) is 371 cm³/mol. The summed E-state index contributed by atoms with van der Waals surface area (Å²) in [6, 6.07) is 59.0. The predicted octanol–water partition coefficient (Wildman–Crippen LogP) is 21.2. The van der Waals surface area contributed by atoms with Crippen molar-refractivity contribution in [2.45, 2.75) is 206 Å². The minimum atomic E-state index is -0.0472. The standard InChI is InChI=1S/C80H90BN3S/c1-73(2,3)49-26-30-51(31-27-49)82(52-32-28-50(29-33-52)74(4,5)6)54-43-68-71-69(44-54)84(65-24-21-23-56-55-22-19-20-25-70(55)85-72(56)65)67-48-62-60(78(13,14)39-41-80(62,17)18)46-64(67)81(71)63-45-59-61(79(15,16)40-38-77(59,11)12)47-66(63)83(68)53-34-35-57-58(42-53)76(9,10)37-36-75(57,7)8/h19-35,42-48H,36-41H2,1-18H3. The number of hydrogen-bond acceptors (Lipinski definition) is 4. The van der Waals surface area contributed by atoms with Gasteiger partial charge in [0.05, 0.1) is 16.1 Å². The summed E-state index contributed by atoms with van der Waals surface area (Å²) in [6.07, 6.45) is 6.94. The maximum absolute atomic E-state index is 2.77. The van der Waals surface area contributed by atoms with Gasteiger partial charge >= 0.3 is 0 Å². The largest absolute Gasteiger partial charge is 0.311 e. The van der Waals surface area contributed by atoms with E-state index in [9.17, 15) is 0 Å². The van der Waals surface area contributed by atoms with Crippen molar-refractivity contribution in [3.8, 4) is 0 Å². The van der Waals surface area contributed by atoms with Gasteiger partial charge in [-0.05, 0) is 216 Å². The highest BCUT2D eigenvalue weighted by atomic mass is 32.1. The molecule has 85 heavy (non-hydrogen) atoms. The topological polar surface area (TPSA) is 9.72 Å². The highest BCUT2D eigenvalue weighted by Gasteiger charge is 2.50. The Labute approximate surface area is 514 Å². The minimum absolute atomic E-state index is 0.00270. The molecule has 0 fully saturated rings. The lowest BCUT2D eigenvalue weighted by Gasteiger charge is -2.49. The van der Waals surface area contributed by atoms with Gasteiger partial charge in [0.25, 0.3) is 6.71 Å². The summed E-state index contributed by atoms with van der Waals surface area (Å²) in [7, 11) is 0. The number of thiophene rings is 1. The Morgan fingerprint density at radius 1 is 0.376 bits per heavy atom. The minimum Gasteiger partial charge on any atom is -0.311 e. The maximum atomic E-state index is 2.77. The first-order chi connectivity index (χ1) is 39.8. The second kappa shape index (κ2) is 18.5. The van der Waals surface area contributed by atoms with Gasteiger partial charge < -0.3 is 14.7 Å². The lowest BCUT2D eigenvalue weighted by Crippen LogP contribution is -2.62. The van der Waals surface area contributed by atoms with Crippen LogP contribution in [0.1, 0.15) is 208 Å². The van der Waals surface area contributed by atoms with Crippen LogP contribution in [0.15, 0.2) is 146 Å². The molecule has 8 aromatic carbocycles. The number of benzene rings is 8. The molecule has 0 spiro atoms. The van der Waals surface area contributed by atoms with Crippen LogP contribution < -0.4 is 31.1 Å². The van der Waals surface area contributed by atoms with Crippen LogP contribution in [-0.4, -0.2) is 6.71 Å². The third-order valence-corrected chi connectivity index (χ3v) is 23.2. The average molecular weight is 1140 g/mol. The monoisotopic (exact) mass is 1140 g/mol. The van der Waals surface area contributed by atoms with E-state index in [1.54, 1.807) is 0 Å². The van der Waals surface area contributed by atoms with Gasteiger partial charge in [-0.15, -0.1) is 11.3 Å². The molecule has 0 unspecified atom stereocenters. The summed E-state index contributed by atoms with van der Waals surface area (Å²) < 4.78 is 2.64. The molecule has 0 saturated carbocycles. The molecule has 3 aliphatic carbocycles. The molecule has 434 valence electrons. The summed E-state index contributed by atoms with van der Waals surface area (Å²) in [4.78, 5) is 8.10. The normalized spacial score (nSPS) is 19.2. The molecule has 3 heterocycles. The van der Waals surface area contributed by atoms with E-state index >= 15 is 0 Å². The van der Waals surface area contributed by atoms with Crippen LogP contribution in [0.25, 0.3) is 20.2 Å². The Morgan fingerprint density at radius 2 is 0.800 bits per heavy atom. The van der Waals surface area contributed by atoms with E-state index in [0.29, 0.717) is 0 Å². The van der Waals surface area contributed by atoms with Crippen LogP contribution >= 0.6 is 11.3 Å². The van der Waals surface area contributed by atoms with E-state index in [1.165, 1.54) is 122 Å².